The predicted molar refractivity (Wildman–Crippen MR) is 86.3 cm³/mol. The fourth-order valence-corrected chi connectivity index (χ4v) is 2.58. The summed E-state index contributed by atoms with van der Waals surface area (Å²) in [5, 5.41) is 13.1. The summed E-state index contributed by atoms with van der Waals surface area (Å²) in [6, 6.07) is 8.18. The third kappa shape index (κ3) is 2.67. The van der Waals surface area contributed by atoms with E-state index < -0.39 is 11.8 Å². The number of aromatic nitrogens is 2. The van der Waals surface area contributed by atoms with Crippen LogP contribution in [0.3, 0.4) is 0 Å². The smallest absolute Gasteiger partial charge is 0.335 e. The summed E-state index contributed by atoms with van der Waals surface area (Å²) in [7, 11) is 0. The number of benzene rings is 2. The van der Waals surface area contributed by atoms with Gasteiger partial charge in [-0.3, -0.25) is 0 Å². The Morgan fingerprint density at radius 2 is 1.83 bits per heavy atom. The van der Waals surface area contributed by atoms with Gasteiger partial charge in [-0.05, 0) is 49.6 Å². The van der Waals surface area contributed by atoms with E-state index in [1.54, 1.807) is 38.1 Å². The van der Waals surface area contributed by atoms with Gasteiger partial charge in [0.2, 0.25) is 5.82 Å². The predicted octanol–water partition coefficient (Wildman–Crippen LogP) is 4.17. The second-order valence-corrected chi connectivity index (χ2v) is 5.65. The zero-order chi connectivity index (χ0) is 17.4. The van der Waals surface area contributed by atoms with Gasteiger partial charge in [-0.25, -0.2) is 9.18 Å². The topological polar surface area (TPSA) is 76.2 Å². The largest absolute Gasteiger partial charge is 0.478 e. The number of nitrogens with zero attached hydrogens (tertiary/aromatic N) is 2. The molecule has 2 aromatic carbocycles. The first kappa shape index (κ1) is 15.9. The standard InChI is InChI=1S/C18H15FN2O3/c1-9-5-4-6-12(15(9)19)17-20-16(21-24-17)13-8-14(18(22)23)11(3)7-10(13)2/h4-8H,1-3H3,(H,22,23). The molecule has 5 nitrogen and oxygen atoms in total. The van der Waals surface area contributed by atoms with Crippen LogP contribution < -0.4 is 0 Å². The Morgan fingerprint density at radius 3 is 2.54 bits per heavy atom. The van der Waals surface area contributed by atoms with Crippen LogP contribution in [-0.2, 0) is 0 Å². The van der Waals surface area contributed by atoms with E-state index in [0.717, 1.165) is 5.56 Å². The summed E-state index contributed by atoms with van der Waals surface area (Å²) in [6.45, 7) is 5.21. The third-order valence-electron chi connectivity index (χ3n) is 3.89. The van der Waals surface area contributed by atoms with Crippen molar-refractivity contribution in [3.8, 4) is 22.8 Å². The van der Waals surface area contributed by atoms with Crippen LogP contribution in [0.2, 0.25) is 0 Å². The van der Waals surface area contributed by atoms with E-state index in [1.807, 2.05) is 6.92 Å². The Morgan fingerprint density at radius 1 is 1.08 bits per heavy atom. The van der Waals surface area contributed by atoms with E-state index in [0.29, 0.717) is 16.7 Å². The van der Waals surface area contributed by atoms with Crippen molar-refractivity contribution in [2.45, 2.75) is 20.8 Å². The molecular weight excluding hydrogens is 311 g/mol. The molecule has 0 aliphatic rings. The van der Waals surface area contributed by atoms with E-state index in [2.05, 4.69) is 10.1 Å². The fourth-order valence-electron chi connectivity index (χ4n) is 2.58. The average molecular weight is 326 g/mol. The van der Waals surface area contributed by atoms with Crippen molar-refractivity contribution >= 4 is 5.97 Å². The van der Waals surface area contributed by atoms with E-state index in [9.17, 15) is 14.3 Å². The first-order valence-electron chi connectivity index (χ1n) is 7.32. The summed E-state index contributed by atoms with van der Waals surface area (Å²) in [5.74, 6) is -1.16. The third-order valence-corrected chi connectivity index (χ3v) is 3.89. The molecule has 0 bridgehead atoms. The SMILES string of the molecule is Cc1cc(C)c(-c2noc(-c3cccc(C)c3F)n2)cc1C(=O)O. The van der Waals surface area contributed by atoms with Crippen molar-refractivity contribution in [1.82, 2.24) is 10.1 Å². The molecule has 122 valence electrons. The van der Waals surface area contributed by atoms with Gasteiger partial charge in [-0.15, -0.1) is 0 Å². The zero-order valence-electron chi connectivity index (χ0n) is 13.4. The highest BCUT2D eigenvalue weighted by Crippen LogP contribution is 2.28. The number of aryl methyl sites for hydroxylation is 3. The maximum absolute atomic E-state index is 14.2. The molecular formula is C18H15FN2O3. The van der Waals surface area contributed by atoms with Gasteiger partial charge >= 0.3 is 5.97 Å². The Bertz CT molecular complexity index is 947. The maximum Gasteiger partial charge on any atom is 0.335 e. The molecule has 0 fully saturated rings. The molecule has 0 aliphatic carbocycles. The highest BCUT2D eigenvalue weighted by Gasteiger charge is 2.18. The van der Waals surface area contributed by atoms with Gasteiger partial charge < -0.3 is 9.63 Å². The molecule has 0 aliphatic heterocycles. The molecule has 3 rings (SSSR count). The molecule has 24 heavy (non-hydrogen) atoms. The van der Waals surface area contributed by atoms with Crippen LogP contribution in [0.15, 0.2) is 34.9 Å². The van der Waals surface area contributed by atoms with E-state index in [4.69, 9.17) is 4.52 Å². The van der Waals surface area contributed by atoms with Crippen LogP contribution in [0.4, 0.5) is 4.39 Å². The number of halogens is 1. The van der Waals surface area contributed by atoms with Crippen LogP contribution in [0, 0.1) is 26.6 Å². The van der Waals surface area contributed by atoms with E-state index in [-0.39, 0.29) is 22.8 Å². The van der Waals surface area contributed by atoms with Crippen LogP contribution >= 0.6 is 0 Å². The second-order valence-electron chi connectivity index (χ2n) is 5.65. The van der Waals surface area contributed by atoms with Crippen molar-refractivity contribution in [1.29, 1.82) is 0 Å². The monoisotopic (exact) mass is 326 g/mol. The molecule has 1 heterocycles. The second kappa shape index (κ2) is 5.88. The van der Waals surface area contributed by atoms with Crippen molar-refractivity contribution in [2.75, 3.05) is 0 Å². The van der Waals surface area contributed by atoms with Gasteiger partial charge in [0.05, 0.1) is 11.1 Å². The van der Waals surface area contributed by atoms with Gasteiger partial charge in [0.15, 0.2) is 0 Å². The number of carbonyl (C=O) groups is 1. The first-order valence-corrected chi connectivity index (χ1v) is 7.32. The van der Waals surface area contributed by atoms with Crippen molar-refractivity contribution in [3.05, 3.63) is 58.4 Å². The molecule has 6 heteroatoms. The maximum atomic E-state index is 14.2. The van der Waals surface area contributed by atoms with E-state index in [1.165, 1.54) is 6.07 Å². The van der Waals surface area contributed by atoms with Crippen LogP contribution in [-0.4, -0.2) is 21.2 Å². The molecule has 0 saturated carbocycles. The number of aromatic carboxylic acids is 1. The Labute approximate surface area is 137 Å². The van der Waals surface area contributed by atoms with Gasteiger partial charge in [0, 0.05) is 5.56 Å². The molecule has 0 amide bonds. The summed E-state index contributed by atoms with van der Waals surface area (Å²) < 4.78 is 19.4. The Balaban J connectivity index is 2.10. The minimum atomic E-state index is -1.03. The average Bonchev–Trinajstić information content (AvgIpc) is 2.99. The lowest BCUT2D eigenvalue weighted by Gasteiger charge is -2.06. The first-order chi connectivity index (χ1) is 11.4. The number of carboxylic acid groups (broad SMARTS) is 1. The fraction of sp³-hybridized carbons (Fsp3) is 0.167. The molecule has 0 saturated heterocycles. The molecule has 1 aromatic heterocycles. The minimum absolute atomic E-state index is 0.0584. The van der Waals surface area contributed by atoms with Crippen LogP contribution in [0.1, 0.15) is 27.0 Å². The Kier molecular flexibility index (Phi) is 3.89. The van der Waals surface area contributed by atoms with E-state index >= 15 is 0 Å². The molecule has 0 atom stereocenters. The summed E-state index contributed by atoms with van der Waals surface area (Å²) in [6.07, 6.45) is 0. The minimum Gasteiger partial charge on any atom is -0.478 e. The summed E-state index contributed by atoms with van der Waals surface area (Å²) in [5.41, 5.74) is 2.88. The van der Waals surface area contributed by atoms with Gasteiger partial charge in [0.25, 0.3) is 5.89 Å². The number of carboxylic acids is 1. The summed E-state index contributed by atoms with van der Waals surface area (Å²) >= 11 is 0. The number of hydrogen-bond donors (Lipinski definition) is 1. The van der Waals surface area contributed by atoms with Crippen LogP contribution in [0.25, 0.3) is 22.8 Å². The van der Waals surface area contributed by atoms with Gasteiger partial charge in [-0.2, -0.15) is 4.98 Å². The number of rotatable bonds is 3. The van der Waals surface area contributed by atoms with Crippen molar-refractivity contribution in [2.24, 2.45) is 0 Å². The number of hydrogen-bond acceptors (Lipinski definition) is 4. The lowest BCUT2D eigenvalue weighted by Crippen LogP contribution is -2.01. The van der Waals surface area contributed by atoms with Crippen LogP contribution in [0.5, 0.6) is 0 Å². The molecule has 3 aromatic rings. The summed E-state index contributed by atoms with van der Waals surface area (Å²) in [4.78, 5) is 15.5. The molecule has 0 unspecified atom stereocenters. The van der Waals surface area contributed by atoms with Crippen molar-refractivity contribution < 1.29 is 18.8 Å². The van der Waals surface area contributed by atoms with Crippen molar-refractivity contribution in [3.63, 3.8) is 0 Å². The molecule has 0 radical (unpaired) electrons. The van der Waals surface area contributed by atoms with Gasteiger partial charge in [-0.1, -0.05) is 23.4 Å². The van der Waals surface area contributed by atoms with Gasteiger partial charge in [0.1, 0.15) is 5.82 Å². The highest BCUT2D eigenvalue weighted by atomic mass is 19.1. The Hall–Kier alpha value is -3.02. The normalized spacial score (nSPS) is 10.8. The quantitative estimate of drug-likeness (QED) is 0.782. The lowest BCUT2D eigenvalue weighted by atomic mass is 9.99. The molecule has 1 N–H and O–H groups in total. The molecule has 0 spiro atoms. The highest BCUT2D eigenvalue weighted by molar-refractivity contribution is 5.91. The lowest BCUT2D eigenvalue weighted by molar-refractivity contribution is 0.0696. The zero-order valence-corrected chi connectivity index (χ0v) is 13.4.